The van der Waals surface area contributed by atoms with Gasteiger partial charge in [0.2, 0.25) is 0 Å². The molecule has 2 N–H and O–H groups in total. The minimum atomic E-state index is -0.883. The quantitative estimate of drug-likeness (QED) is 0.779. The zero-order valence-electron chi connectivity index (χ0n) is 10.7. The van der Waals surface area contributed by atoms with Crippen molar-refractivity contribution in [3.05, 3.63) is 23.7 Å². The smallest absolute Gasteiger partial charge is 0.308 e. The van der Waals surface area contributed by atoms with Crippen molar-refractivity contribution in [2.24, 2.45) is 5.92 Å². The first kappa shape index (κ1) is 14.3. The predicted octanol–water partition coefficient (Wildman–Crippen LogP) is 2.07. The minimum absolute atomic E-state index is 0.129. The molecule has 0 aliphatic carbocycles. The van der Waals surface area contributed by atoms with Gasteiger partial charge in [0.15, 0.2) is 5.76 Å². The van der Waals surface area contributed by atoms with Gasteiger partial charge >= 0.3 is 5.97 Å². The number of nitrogens with one attached hydrogen (secondary N) is 1. The molecular formula is C13H19NO4. The number of carbonyl (C=O) groups excluding carboxylic acids is 1. The Balaban J connectivity index is 2.51. The third-order valence-electron chi connectivity index (χ3n) is 2.73. The van der Waals surface area contributed by atoms with Crippen LogP contribution in [0.4, 0.5) is 0 Å². The molecule has 5 nitrogen and oxygen atoms in total. The summed E-state index contributed by atoms with van der Waals surface area (Å²) in [5.41, 5.74) is 0. The molecule has 0 saturated heterocycles. The highest BCUT2D eigenvalue weighted by atomic mass is 16.4. The Morgan fingerprint density at radius 3 is 2.61 bits per heavy atom. The van der Waals surface area contributed by atoms with E-state index in [1.807, 2.05) is 13.8 Å². The fraction of sp³-hybridized carbons (Fsp3) is 0.538. The van der Waals surface area contributed by atoms with E-state index in [4.69, 9.17) is 9.52 Å². The van der Waals surface area contributed by atoms with E-state index in [2.05, 4.69) is 5.32 Å². The van der Waals surface area contributed by atoms with E-state index in [0.29, 0.717) is 6.42 Å². The number of rotatable bonds is 7. The highest BCUT2D eigenvalue weighted by Gasteiger charge is 2.18. The zero-order chi connectivity index (χ0) is 13.5. The lowest BCUT2D eigenvalue weighted by molar-refractivity contribution is -0.141. The molecule has 1 aromatic rings. The van der Waals surface area contributed by atoms with Gasteiger partial charge in [0.05, 0.1) is 5.92 Å². The van der Waals surface area contributed by atoms with E-state index in [-0.39, 0.29) is 18.2 Å². The molecular weight excluding hydrogens is 234 g/mol. The minimum Gasteiger partial charge on any atom is -0.481 e. The van der Waals surface area contributed by atoms with Gasteiger partial charge in [0.25, 0.3) is 5.91 Å². The van der Waals surface area contributed by atoms with Crippen LogP contribution in [0.1, 0.15) is 43.0 Å². The number of furan rings is 1. The van der Waals surface area contributed by atoms with Gasteiger partial charge in [-0.25, -0.2) is 0 Å². The van der Waals surface area contributed by atoms with Crippen LogP contribution in [0.25, 0.3) is 0 Å². The van der Waals surface area contributed by atoms with Crippen molar-refractivity contribution in [3.8, 4) is 0 Å². The van der Waals surface area contributed by atoms with Gasteiger partial charge in [-0.15, -0.1) is 0 Å². The van der Waals surface area contributed by atoms with Gasteiger partial charge in [0, 0.05) is 13.0 Å². The van der Waals surface area contributed by atoms with Crippen LogP contribution in [0.2, 0.25) is 0 Å². The number of hydrogen-bond acceptors (Lipinski definition) is 3. The largest absolute Gasteiger partial charge is 0.481 e. The first-order valence-corrected chi connectivity index (χ1v) is 6.18. The van der Waals surface area contributed by atoms with Gasteiger partial charge in [-0.05, 0) is 18.6 Å². The molecule has 1 amide bonds. The van der Waals surface area contributed by atoms with E-state index < -0.39 is 11.9 Å². The molecule has 1 rings (SSSR count). The number of aryl methyl sites for hydroxylation is 1. The Morgan fingerprint density at radius 1 is 1.39 bits per heavy atom. The summed E-state index contributed by atoms with van der Waals surface area (Å²) < 4.78 is 5.29. The average molecular weight is 253 g/mol. The monoisotopic (exact) mass is 253 g/mol. The molecule has 0 fully saturated rings. The summed E-state index contributed by atoms with van der Waals surface area (Å²) >= 11 is 0. The van der Waals surface area contributed by atoms with E-state index in [0.717, 1.165) is 18.6 Å². The number of amides is 1. The first-order chi connectivity index (χ1) is 8.58. The molecule has 1 unspecified atom stereocenters. The number of aliphatic carboxylic acids is 1. The normalized spacial score (nSPS) is 12.1. The predicted molar refractivity (Wildman–Crippen MR) is 66.5 cm³/mol. The summed E-state index contributed by atoms with van der Waals surface area (Å²) in [5.74, 6) is -0.821. The topological polar surface area (TPSA) is 79.5 Å². The molecule has 1 aromatic heterocycles. The molecule has 1 atom stereocenters. The molecule has 0 aliphatic rings. The van der Waals surface area contributed by atoms with E-state index in [1.54, 1.807) is 12.1 Å². The summed E-state index contributed by atoms with van der Waals surface area (Å²) in [5, 5.41) is 11.5. The van der Waals surface area contributed by atoms with Crippen molar-refractivity contribution in [1.29, 1.82) is 0 Å². The Kier molecular flexibility index (Phi) is 5.42. The lowest BCUT2D eigenvalue weighted by Gasteiger charge is -2.11. The van der Waals surface area contributed by atoms with E-state index in [9.17, 15) is 9.59 Å². The standard InChI is InChI=1S/C13H19NO4/c1-3-5-9(13(16)17)8-14-12(15)11-7-6-10(4-2)18-11/h6-7,9H,3-5,8H2,1-2H3,(H,14,15)(H,16,17). The third kappa shape index (κ3) is 3.91. The maximum absolute atomic E-state index is 11.7. The summed E-state index contributed by atoms with van der Waals surface area (Å²) in [6.45, 7) is 3.98. The van der Waals surface area contributed by atoms with Gasteiger partial charge in [-0.1, -0.05) is 20.3 Å². The van der Waals surface area contributed by atoms with Crippen LogP contribution in [0.15, 0.2) is 16.5 Å². The number of carbonyl (C=O) groups is 2. The second kappa shape index (κ2) is 6.83. The van der Waals surface area contributed by atoms with Crippen molar-refractivity contribution < 1.29 is 19.1 Å². The Labute approximate surface area is 106 Å². The summed E-state index contributed by atoms with van der Waals surface area (Å²) in [7, 11) is 0. The SMILES string of the molecule is CCCC(CNC(=O)c1ccc(CC)o1)C(=O)O. The lowest BCUT2D eigenvalue weighted by atomic mass is 10.0. The van der Waals surface area contributed by atoms with Crippen LogP contribution in [-0.4, -0.2) is 23.5 Å². The number of carboxylic acids is 1. The summed E-state index contributed by atoms with van der Waals surface area (Å²) in [4.78, 5) is 22.6. The molecule has 0 aliphatic heterocycles. The fourth-order valence-corrected chi connectivity index (χ4v) is 1.65. The zero-order valence-corrected chi connectivity index (χ0v) is 10.7. The summed E-state index contributed by atoms with van der Waals surface area (Å²) in [6.07, 6.45) is 2.04. The highest BCUT2D eigenvalue weighted by Crippen LogP contribution is 2.09. The lowest BCUT2D eigenvalue weighted by Crippen LogP contribution is -2.32. The second-order valence-corrected chi connectivity index (χ2v) is 4.15. The van der Waals surface area contributed by atoms with Gasteiger partial charge in [-0.3, -0.25) is 9.59 Å². The van der Waals surface area contributed by atoms with Gasteiger partial charge < -0.3 is 14.8 Å². The van der Waals surface area contributed by atoms with E-state index >= 15 is 0 Å². The van der Waals surface area contributed by atoms with Crippen LogP contribution in [0.3, 0.4) is 0 Å². The van der Waals surface area contributed by atoms with Crippen molar-refractivity contribution in [3.63, 3.8) is 0 Å². The highest BCUT2D eigenvalue weighted by molar-refractivity contribution is 5.91. The second-order valence-electron chi connectivity index (χ2n) is 4.15. The fourth-order valence-electron chi connectivity index (χ4n) is 1.65. The van der Waals surface area contributed by atoms with Gasteiger partial charge in [0.1, 0.15) is 5.76 Å². The number of hydrogen-bond donors (Lipinski definition) is 2. The van der Waals surface area contributed by atoms with Crippen LogP contribution < -0.4 is 5.32 Å². The Bertz CT molecular complexity index is 411. The number of carboxylic acid groups (broad SMARTS) is 1. The molecule has 0 aromatic carbocycles. The molecule has 1 heterocycles. The van der Waals surface area contributed by atoms with Gasteiger partial charge in [-0.2, -0.15) is 0 Å². The molecule has 0 saturated carbocycles. The third-order valence-corrected chi connectivity index (χ3v) is 2.73. The van der Waals surface area contributed by atoms with Crippen LogP contribution in [-0.2, 0) is 11.2 Å². The van der Waals surface area contributed by atoms with Crippen LogP contribution >= 0.6 is 0 Å². The average Bonchev–Trinajstić information content (AvgIpc) is 2.82. The Morgan fingerprint density at radius 2 is 2.11 bits per heavy atom. The molecule has 0 bridgehead atoms. The van der Waals surface area contributed by atoms with E-state index in [1.165, 1.54) is 0 Å². The molecule has 100 valence electrons. The van der Waals surface area contributed by atoms with Crippen molar-refractivity contribution in [2.45, 2.75) is 33.1 Å². The maximum atomic E-state index is 11.7. The van der Waals surface area contributed by atoms with Crippen LogP contribution in [0, 0.1) is 5.92 Å². The molecule has 5 heteroatoms. The summed E-state index contributed by atoms with van der Waals surface area (Å²) in [6, 6.07) is 3.35. The van der Waals surface area contributed by atoms with Crippen molar-refractivity contribution in [2.75, 3.05) is 6.54 Å². The molecule has 0 radical (unpaired) electrons. The molecule has 18 heavy (non-hydrogen) atoms. The van der Waals surface area contributed by atoms with Crippen molar-refractivity contribution in [1.82, 2.24) is 5.32 Å². The Hall–Kier alpha value is -1.78. The van der Waals surface area contributed by atoms with Crippen LogP contribution in [0.5, 0.6) is 0 Å². The maximum Gasteiger partial charge on any atom is 0.308 e. The van der Waals surface area contributed by atoms with Crippen molar-refractivity contribution >= 4 is 11.9 Å². The first-order valence-electron chi connectivity index (χ1n) is 6.18. The molecule has 0 spiro atoms.